The van der Waals surface area contributed by atoms with Crippen molar-refractivity contribution in [2.45, 2.75) is 0 Å². The minimum absolute atomic E-state index is 0.654. The molecule has 1 N–H and O–H groups in total. The van der Waals surface area contributed by atoms with Crippen LogP contribution in [0.2, 0.25) is 0 Å². The highest BCUT2D eigenvalue weighted by Crippen LogP contribution is 2.37. The lowest BCUT2D eigenvalue weighted by Gasteiger charge is -2.08. The van der Waals surface area contributed by atoms with Crippen LogP contribution in [0.25, 0.3) is 10.4 Å². The van der Waals surface area contributed by atoms with E-state index in [-0.39, 0.29) is 0 Å². The lowest BCUT2D eigenvalue weighted by atomic mass is 10.1. The van der Waals surface area contributed by atoms with E-state index in [1.807, 2.05) is 24.4 Å². The maximum Gasteiger partial charge on any atom is 0.183 e. The molecule has 0 fully saturated rings. The minimum Gasteiger partial charge on any atom is -0.497 e. The van der Waals surface area contributed by atoms with Gasteiger partial charge in [0.05, 0.1) is 25.7 Å². The van der Waals surface area contributed by atoms with Crippen LogP contribution in [0.3, 0.4) is 0 Å². The van der Waals surface area contributed by atoms with Crippen molar-refractivity contribution < 1.29 is 14.2 Å². The van der Waals surface area contributed by atoms with E-state index >= 15 is 0 Å². The van der Waals surface area contributed by atoms with Gasteiger partial charge in [0, 0.05) is 31.5 Å². The zero-order valence-electron chi connectivity index (χ0n) is 11.8. The second-order valence-electron chi connectivity index (χ2n) is 4.02. The number of anilines is 1. The van der Waals surface area contributed by atoms with Gasteiger partial charge in [0.1, 0.15) is 11.5 Å². The van der Waals surface area contributed by atoms with Gasteiger partial charge in [0.2, 0.25) is 0 Å². The van der Waals surface area contributed by atoms with E-state index in [1.165, 1.54) is 0 Å². The lowest BCUT2D eigenvalue weighted by Crippen LogP contribution is -2.06. The van der Waals surface area contributed by atoms with Gasteiger partial charge in [-0.15, -0.1) is 0 Å². The molecule has 0 saturated heterocycles. The first-order chi connectivity index (χ1) is 9.78. The van der Waals surface area contributed by atoms with Gasteiger partial charge in [-0.3, -0.25) is 0 Å². The molecule has 0 saturated carbocycles. The molecule has 0 aliphatic heterocycles. The Bertz CT molecular complexity index is 557. The number of rotatable bonds is 7. The Morgan fingerprint density at radius 3 is 2.75 bits per heavy atom. The molecule has 0 spiro atoms. The molecule has 108 valence electrons. The molecule has 0 radical (unpaired) electrons. The third kappa shape index (κ3) is 3.40. The van der Waals surface area contributed by atoms with Crippen LogP contribution in [-0.2, 0) is 4.74 Å². The Labute approximate surface area is 122 Å². The molecule has 2 rings (SSSR count). The zero-order valence-corrected chi connectivity index (χ0v) is 12.6. The van der Waals surface area contributed by atoms with Crippen LogP contribution in [-0.4, -0.2) is 39.5 Å². The first-order valence-corrected chi connectivity index (χ1v) is 7.01. The standard InChI is InChI=1S/C14H18N2O3S/c1-17-7-6-15-14-16-9-13(20-14)11-5-4-10(18-2)8-12(11)19-3/h4-5,8-9H,6-7H2,1-3H3,(H,15,16). The average Bonchev–Trinajstić information content (AvgIpc) is 2.95. The number of thiazole rings is 1. The summed E-state index contributed by atoms with van der Waals surface area (Å²) in [5.74, 6) is 1.55. The molecule has 0 atom stereocenters. The van der Waals surface area contributed by atoms with Gasteiger partial charge in [-0.1, -0.05) is 11.3 Å². The molecule has 1 aromatic heterocycles. The largest absolute Gasteiger partial charge is 0.497 e. The summed E-state index contributed by atoms with van der Waals surface area (Å²) in [4.78, 5) is 5.39. The number of aromatic nitrogens is 1. The van der Waals surface area contributed by atoms with Crippen LogP contribution in [0, 0.1) is 0 Å². The van der Waals surface area contributed by atoms with Crippen LogP contribution in [0.4, 0.5) is 5.13 Å². The number of ether oxygens (including phenoxy) is 3. The minimum atomic E-state index is 0.654. The van der Waals surface area contributed by atoms with Crippen LogP contribution >= 0.6 is 11.3 Å². The molecular formula is C14H18N2O3S. The summed E-state index contributed by atoms with van der Waals surface area (Å²) in [6, 6.07) is 5.76. The molecule has 0 aliphatic carbocycles. The fraction of sp³-hybridized carbons (Fsp3) is 0.357. The smallest absolute Gasteiger partial charge is 0.183 e. The van der Waals surface area contributed by atoms with E-state index in [1.54, 1.807) is 32.7 Å². The molecule has 1 aromatic carbocycles. The fourth-order valence-corrected chi connectivity index (χ4v) is 2.61. The Hall–Kier alpha value is -1.79. The maximum absolute atomic E-state index is 5.41. The summed E-state index contributed by atoms with van der Waals surface area (Å²) in [6.45, 7) is 1.39. The Kier molecular flexibility index (Phi) is 5.20. The van der Waals surface area contributed by atoms with Crippen molar-refractivity contribution in [3.63, 3.8) is 0 Å². The number of hydrogen-bond acceptors (Lipinski definition) is 6. The SMILES string of the molecule is COCCNc1ncc(-c2ccc(OC)cc2OC)s1. The van der Waals surface area contributed by atoms with Crippen LogP contribution in [0.5, 0.6) is 11.5 Å². The van der Waals surface area contributed by atoms with Crippen molar-refractivity contribution >= 4 is 16.5 Å². The van der Waals surface area contributed by atoms with E-state index in [9.17, 15) is 0 Å². The second kappa shape index (κ2) is 7.12. The molecule has 6 heteroatoms. The van der Waals surface area contributed by atoms with Crippen molar-refractivity contribution in [3.8, 4) is 21.9 Å². The van der Waals surface area contributed by atoms with Crippen LogP contribution in [0.1, 0.15) is 0 Å². The topological polar surface area (TPSA) is 52.6 Å². The number of methoxy groups -OCH3 is 3. The van der Waals surface area contributed by atoms with E-state index in [0.717, 1.165) is 33.6 Å². The van der Waals surface area contributed by atoms with Gasteiger partial charge < -0.3 is 19.5 Å². The van der Waals surface area contributed by atoms with E-state index in [4.69, 9.17) is 14.2 Å². The fourth-order valence-electron chi connectivity index (χ4n) is 1.74. The van der Waals surface area contributed by atoms with E-state index in [0.29, 0.717) is 6.61 Å². The zero-order chi connectivity index (χ0) is 14.4. The van der Waals surface area contributed by atoms with Crippen molar-refractivity contribution in [2.24, 2.45) is 0 Å². The third-order valence-electron chi connectivity index (χ3n) is 2.76. The summed E-state index contributed by atoms with van der Waals surface area (Å²) in [7, 11) is 4.97. The second-order valence-corrected chi connectivity index (χ2v) is 5.05. The molecule has 0 amide bonds. The monoisotopic (exact) mass is 294 g/mol. The van der Waals surface area contributed by atoms with Crippen LogP contribution in [0.15, 0.2) is 24.4 Å². The molecule has 0 bridgehead atoms. The van der Waals surface area contributed by atoms with Gasteiger partial charge in [0.25, 0.3) is 0 Å². The van der Waals surface area contributed by atoms with Crippen LogP contribution < -0.4 is 14.8 Å². The normalized spacial score (nSPS) is 10.3. The first kappa shape index (κ1) is 14.6. The highest BCUT2D eigenvalue weighted by Gasteiger charge is 2.10. The van der Waals surface area contributed by atoms with Gasteiger partial charge in [0.15, 0.2) is 5.13 Å². The Morgan fingerprint density at radius 2 is 2.05 bits per heavy atom. The summed E-state index contributed by atoms with van der Waals surface area (Å²) < 4.78 is 15.6. The summed E-state index contributed by atoms with van der Waals surface area (Å²) >= 11 is 1.58. The van der Waals surface area contributed by atoms with Gasteiger partial charge in [-0.25, -0.2) is 4.98 Å². The maximum atomic E-state index is 5.41. The highest BCUT2D eigenvalue weighted by atomic mass is 32.1. The molecule has 0 unspecified atom stereocenters. The van der Waals surface area contributed by atoms with E-state index < -0.39 is 0 Å². The van der Waals surface area contributed by atoms with Crippen molar-refractivity contribution in [1.29, 1.82) is 0 Å². The molecule has 0 aliphatic rings. The highest BCUT2D eigenvalue weighted by molar-refractivity contribution is 7.18. The molecule has 20 heavy (non-hydrogen) atoms. The predicted molar refractivity (Wildman–Crippen MR) is 81.0 cm³/mol. The van der Waals surface area contributed by atoms with Gasteiger partial charge >= 0.3 is 0 Å². The van der Waals surface area contributed by atoms with Crippen molar-refractivity contribution in [3.05, 3.63) is 24.4 Å². The predicted octanol–water partition coefficient (Wildman–Crippen LogP) is 2.89. The molecular weight excluding hydrogens is 276 g/mol. The van der Waals surface area contributed by atoms with E-state index in [2.05, 4.69) is 10.3 Å². The number of nitrogens with zero attached hydrogens (tertiary/aromatic N) is 1. The lowest BCUT2D eigenvalue weighted by molar-refractivity contribution is 0.211. The van der Waals surface area contributed by atoms with Crippen molar-refractivity contribution in [2.75, 3.05) is 39.8 Å². The summed E-state index contributed by atoms with van der Waals surface area (Å²) in [5.41, 5.74) is 1.01. The third-order valence-corrected chi connectivity index (χ3v) is 3.75. The summed E-state index contributed by atoms with van der Waals surface area (Å²) in [6.07, 6.45) is 1.84. The number of hydrogen-bond donors (Lipinski definition) is 1. The average molecular weight is 294 g/mol. The molecule has 2 aromatic rings. The molecule has 5 nitrogen and oxygen atoms in total. The first-order valence-electron chi connectivity index (χ1n) is 6.19. The Balaban J connectivity index is 2.18. The Morgan fingerprint density at radius 1 is 1.20 bits per heavy atom. The molecule has 1 heterocycles. The van der Waals surface area contributed by atoms with Crippen molar-refractivity contribution in [1.82, 2.24) is 4.98 Å². The van der Waals surface area contributed by atoms with Gasteiger partial charge in [-0.05, 0) is 12.1 Å². The summed E-state index contributed by atoms with van der Waals surface area (Å²) in [5, 5.41) is 4.08. The number of benzene rings is 1. The number of nitrogens with one attached hydrogen (secondary N) is 1. The quantitative estimate of drug-likeness (QED) is 0.796. The van der Waals surface area contributed by atoms with Gasteiger partial charge in [-0.2, -0.15) is 0 Å².